The van der Waals surface area contributed by atoms with Crippen molar-refractivity contribution >= 4 is 21.4 Å². The first kappa shape index (κ1) is 15.9. The van der Waals surface area contributed by atoms with Crippen molar-refractivity contribution in [3.63, 3.8) is 0 Å². The molecule has 5 nitrogen and oxygen atoms in total. The van der Waals surface area contributed by atoms with Crippen molar-refractivity contribution in [2.75, 3.05) is 26.2 Å². The lowest BCUT2D eigenvalue weighted by atomic mass is 10.3. The van der Waals surface area contributed by atoms with Gasteiger partial charge >= 0.3 is 0 Å². The van der Waals surface area contributed by atoms with Crippen LogP contribution in [0.5, 0.6) is 0 Å². The highest BCUT2D eigenvalue weighted by molar-refractivity contribution is 7.89. The zero-order valence-corrected chi connectivity index (χ0v) is 13.4. The molecule has 7 heteroatoms. The van der Waals surface area contributed by atoms with E-state index in [0.717, 1.165) is 26.1 Å². The SMILES string of the molecule is Cc1csc(CO)c1S(=O)(=O)NCCCN1CCCC1. The van der Waals surface area contributed by atoms with Crippen molar-refractivity contribution in [3.8, 4) is 0 Å². The van der Waals surface area contributed by atoms with Crippen molar-refractivity contribution in [3.05, 3.63) is 15.8 Å². The molecule has 1 aromatic rings. The van der Waals surface area contributed by atoms with Crippen LogP contribution in [0.4, 0.5) is 0 Å². The number of nitrogens with zero attached hydrogens (tertiary/aromatic N) is 1. The number of aliphatic hydroxyl groups is 1. The number of likely N-dealkylation sites (tertiary alicyclic amines) is 1. The first-order chi connectivity index (χ1) is 9.54. The molecular weight excluding hydrogens is 296 g/mol. The van der Waals surface area contributed by atoms with E-state index in [1.807, 2.05) is 0 Å². The lowest BCUT2D eigenvalue weighted by molar-refractivity contribution is 0.282. The second kappa shape index (κ2) is 7.00. The lowest BCUT2D eigenvalue weighted by Crippen LogP contribution is -2.29. The summed E-state index contributed by atoms with van der Waals surface area (Å²) in [4.78, 5) is 3.13. The van der Waals surface area contributed by atoms with Crippen LogP contribution in [0.3, 0.4) is 0 Å². The molecule has 0 atom stereocenters. The maximum atomic E-state index is 12.3. The van der Waals surface area contributed by atoms with Crippen LogP contribution in [-0.4, -0.2) is 44.6 Å². The van der Waals surface area contributed by atoms with Gasteiger partial charge in [-0.2, -0.15) is 0 Å². The minimum absolute atomic E-state index is 0.234. The monoisotopic (exact) mass is 318 g/mol. The molecule has 0 radical (unpaired) electrons. The molecular formula is C13H22N2O3S2. The molecule has 1 aliphatic heterocycles. The van der Waals surface area contributed by atoms with E-state index in [4.69, 9.17) is 0 Å². The van der Waals surface area contributed by atoms with E-state index >= 15 is 0 Å². The average molecular weight is 318 g/mol. The molecule has 0 amide bonds. The molecule has 1 aliphatic rings. The summed E-state index contributed by atoms with van der Waals surface area (Å²) >= 11 is 1.29. The van der Waals surface area contributed by atoms with Gasteiger partial charge in [-0.15, -0.1) is 11.3 Å². The van der Waals surface area contributed by atoms with Crippen LogP contribution >= 0.6 is 11.3 Å². The molecule has 2 heterocycles. The largest absolute Gasteiger partial charge is 0.391 e. The van der Waals surface area contributed by atoms with Gasteiger partial charge in [-0.25, -0.2) is 13.1 Å². The Labute approximate surface area is 124 Å². The zero-order chi connectivity index (χ0) is 14.6. The van der Waals surface area contributed by atoms with E-state index in [2.05, 4.69) is 9.62 Å². The number of thiophene rings is 1. The minimum atomic E-state index is -3.50. The van der Waals surface area contributed by atoms with Crippen molar-refractivity contribution in [2.24, 2.45) is 0 Å². The number of nitrogens with one attached hydrogen (secondary N) is 1. The van der Waals surface area contributed by atoms with E-state index in [0.29, 0.717) is 17.0 Å². The van der Waals surface area contributed by atoms with E-state index in [9.17, 15) is 13.5 Å². The zero-order valence-electron chi connectivity index (χ0n) is 11.8. The first-order valence-corrected chi connectivity index (χ1v) is 9.30. The van der Waals surface area contributed by atoms with Gasteiger partial charge in [-0.1, -0.05) is 0 Å². The maximum absolute atomic E-state index is 12.3. The molecule has 0 spiro atoms. The van der Waals surface area contributed by atoms with Crippen molar-refractivity contribution in [1.29, 1.82) is 0 Å². The number of aliphatic hydroxyl groups excluding tert-OH is 1. The van der Waals surface area contributed by atoms with Crippen LogP contribution in [0.1, 0.15) is 29.7 Å². The Morgan fingerprint density at radius 1 is 1.40 bits per heavy atom. The third-order valence-electron chi connectivity index (χ3n) is 3.54. The summed E-state index contributed by atoms with van der Waals surface area (Å²) in [5, 5.41) is 11.0. The van der Waals surface area contributed by atoms with Crippen LogP contribution in [0.25, 0.3) is 0 Å². The van der Waals surface area contributed by atoms with E-state index in [-0.39, 0.29) is 11.5 Å². The number of hydrogen-bond donors (Lipinski definition) is 2. The fraction of sp³-hybridized carbons (Fsp3) is 0.692. The molecule has 20 heavy (non-hydrogen) atoms. The summed E-state index contributed by atoms with van der Waals surface area (Å²) in [6.45, 7) is 5.17. The predicted molar refractivity (Wildman–Crippen MR) is 80.5 cm³/mol. The van der Waals surface area contributed by atoms with Gasteiger partial charge in [0, 0.05) is 6.54 Å². The number of rotatable bonds is 7. The van der Waals surface area contributed by atoms with Crippen molar-refractivity contribution in [1.82, 2.24) is 9.62 Å². The van der Waals surface area contributed by atoms with E-state index < -0.39 is 10.0 Å². The van der Waals surface area contributed by atoms with Crippen LogP contribution in [-0.2, 0) is 16.6 Å². The number of aryl methyl sites for hydroxylation is 1. The van der Waals surface area contributed by atoms with Crippen molar-refractivity contribution < 1.29 is 13.5 Å². The van der Waals surface area contributed by atoms with Gasteiger partial charge < -0.3 is 10.0 Å². The molecule has 0 aliphatic carbocycles. The molecule has 0 unspecified atom stereocenters. The highest BCUT2D eigenvalue weighted by Crippen LogP contribution is 2.26. The molecule has 1 aromatic heterocycles. The van der Waals surface area contributed by atoms with E-state index in [1.54, 1.807) is 12.3 Å². The molecule has 0 saturated carbocycles. The highest BCUT2D eigenvalue weighted by atomic mass is 32.2. The lowest BCUT2D eigenvalue weighted by Gasteiger charge is -2.14. The normalized spacial score (nSPS) is 16.9. The number of sulfonamides is 1. The average Bonchev–Trinajstić information content (AvgIpc) is 3.03. The van der Waals surface area contributed by atoms with Gasteiger partial charge in [0.15, 0.2) is 0 Å². The Bertz CT molecular complexity index is 534. The molecule has 1 saturated heterocycles. The molecule has 0 aromatic carbocycles. The minimum Gasteiger partial charge on any atom is -0.391 e. The Kier molecular flexibility index (Phi) is 5.57. The Morgan fingerprint density at radius 3 is 2.75 bits per heavy atom. The van der Waals surface area contributed by atoms with Gasteiger partial charge in [0.25, 0.3) is 0 Å². The van der Waals surface area contributed by atoms with E-state index in [1.165, 1.54) is 24.2 Å². The summed E-state index contributed by atoms with van der Waals surface area (Å²) in [5.74, 6) is 0. The van der Waals surface area contributed by atoms with Gasteiger partial charge in [0.05, 0.1) is 11.5 Å². The van der Waals surface area contributed by atoms with Crippen LogP contribution in [0.15, 0.2) is 10.3 Å². The molecule has 0 bridgehead atoms. The van der Waals surface area contributed by atoms with Crippen LogP contribution in [0, 0.1) is 6.92 Å². The number of hydrogen-bond acceptors (Lipinski definition) is 5. The Hall–Kier alpha value is -0.470. The smallest absolute Gasteiger partial charge is 0.242 e. The quantitative estimate of drug-likeness (QED) is 0.744. The highest BCUT2D eigenvalue weighted by Gasteiger charge is 2.22. The molecule has 2 N–H and O–H groups in total. The summed E-state index contributed by atoms with van der Waals surface area (Å²) in [6, 6.07) is 0. The third-order valence-corrected chi connectivity index (χ3v) is 6.45. The second-order valence-corrected chi connectivity index (χ2v) is 7.80. The molecule has 2 rings (SSSR count). The Balaban J connectivity index is 1.88. The summed E-state index contributed by atoms with van der Waals surface area (Å²) in [6.07, 6.45) is 3.32. The standard InChI is InChI=1S/C13H22N2O3S2/c1-11-10-19-12(9-16)13(11)20(17,18)14-5-4-8-15-6-2-3-7-15/h10,14,16H,2-9H2,1H3. The summed E-state index contributed by atoms with van der Waals surface area (Å²) in [5.41, 5.74) is 0.700. The Morgan fingerprint density at radius 2 is 2.10 bits per heavy atom. The predicted octanol–water partition coefficient (Wildman–Crippen LogP) is 1.31. The van der Waals surface area contributed by atoms with Crippen molar-refractivity contribution in [2.45, 2.75) is 37.7 Å². The first-order valence-electron chi connectivity index (χ1n) is 6.94. The topological polar surface area (TPSA) is 69.6 Å². The summed E-state index contributed by atoms with van der Waals surface area (Å²) < 4.78 is 27.2. The molecule has 1 fully saturated rings. The second-order valence-electron chi connectivity index (χ2n) is 5.13. The van der Waals surface area contributed by atoms with Gasteiger partial charge in [0.2, 0.25) is 10.0 Å². The van der Waals surface area contributed by atoms with Crippen LogP contribution < -0.4 is 4.72 Å². The van der Waals surface area contributed by atoms with Gasteiger partial charge in [0.1, 0.15) is 4.90 Å². The molecule has 114 valence electrons. The fourth-order valence-electron chi connectivity index (χ4n) is 2.54. The fourth-order valence-corrected chi connectivity index (χ4v) is 5.28. The summed E-state index contributed by atoms with van der Waals surface area (Å²) in [7, 11) is -3.50. The van der Waals surface area contributed by atoms with Gasteiger partial charge in [-0.05, 0) is 56.8 Å². The van der Waals surface area contributed by atoms with Gasteiger partial charge in [-0.3, -0.25) is 0 Å². The third kappa shape index (κ3) is 3.79. The maximum Gasteiger partial charge on any atom is 0.242 e. The van der Waals surface area contributed by atoms with Crippen LogP contribution in [0.2, 0.25) is 0 Å².